The Morgan fingerprint density at radius 1 is 1.38 bits per heavy atom. The van der Waals surface area contributed by atoms with Gasteiger partial charge in [0, 0.05) is 31.1 Å². The maximum Gasteiger partial charge on any atom is 0.261 e. The summed E-state index contributed by atoms with van der Waals surface area (Å²) in [5.74, 6) is -0.286. The van der Waals surface area contributed by atoms with Gasteiger partial charge in [0.2, 0.25) is 5.67 Å². The normalized spacial score (nSPS) is 27.2. The smallest absolute Gasteiger partial charge is 0.261 e. The van der Waals surface area contributed by atoms with E-state index in [0.717, 1.165) is 44.6 Å². The largest absolute Gasteiger partial charge is 0.340 e. The van der Waals surface area contributed by atoms with Gasteiger partial charge in [0.25, 0.3) is 5.91 Å². The standard InChI is InChI=1S/C15H22FN3OS/c1-12-13(21-11-17-12)9-18-6-4-5-15(16,10-18)14(20)19-7-2-3-8-19/h11H,2-10H2,1H3. The Hall–Kier alpha value is -1.01. The molecule has 6 heteroatoms. The second kappa shape index (κ2) is 6.01. The molecule has 2 saturated heterocycles. The van der Waals surface area contributed by atoms with Crippen molar-refractivity contribution in [2.45, 2.75) is 44.8 Å². The molecular formula is C15H22FN3OS. The first kappa shape index (κ1) is 14.9. The van der Waals surface area contributed by atoms with Crippen molar-refractivity contribution in [3.05, 3.63) is 16.1 Å². The lowest BCUT2D eigenvalue weighted by molar-refractivity contribution is -0.147. The average molecular weight is 311 g/mol. The molecule has 116 valence electrons. The molecular weight excluding hydrogens is 289 g/mol. The molecule has 1 amide bonds. The van der Waals surface area contributed by atoms with Crippen LogP contribution in [0, 0.1) is 6.92 Å². The third-order valence-corrected chi connectivity index (χ3v) is 5.43. The van der Waals surface area contributed by atoms with Crippen LogP contribution in [0.15, 0.2) is 5.51 Å². The number of hydrogen-bond donors (Lipinski definition) is 0. The fourth-order valence-electron chi connectivity index (χ4n) is 3.29. The predicted molar refractivity (Wildman–Crippen MR) is 81.0 cm³/mol. The number of likely N-dealkylation sites (tertiary alicyclic amines) is 2. The monoisotopic (exact) mass is 311 g/mol. The number of carbonyl (C=O) groups excluding carboxylic acids is 1. The van der Waals surface area contributed by atoms with Crippen LogP contribution in [-0.2, 0) is 11.3 Å². The van der Waals surface area contributed by atoms with Crippen LogP contribution in [0.4, 0.5) is 4.39 Å². The summed E-state index contributed by atoms with van der Waals surface area (Å²) in [6.45, 7) is 5.20. The second-order valence-corrected chi connectivity index (χ2v) is 7.08. The highest BCUT2D eigenvalue weighted by Crippen LogP contribution is 2.30. The third-order valence-electron chi connectivity index (χ3n) is 4.51. The van der Waals surface area contributed by atoms with E-state index < -0.39 is 5.67 Å². The van der Waals surface area contributed by atoms with Crippen LogP contribution < -0.4 is 0 Å². The van der Waals surface area contributed by atoms with E-state index in [2.05, 4.69) is 9.88 Å². The third kappa shape index (κ3) is 3.11. The van der Waals surface area contributed by atoms with Crippen molar-refractivity contribution in [1.82, 2.24) is 14.8 Å². The number of thiazole rings is 1. The number of carbonyl (C=O) groups is 1. The summed E-state index contributed by atoms with van der Waals surface area (Å²) in [5, 5.41) is 0. The highest BCUT2D eigenvalue weighted by molar-refractivity contribution is 7.09. The molecule has 1 atom stereocenters. The van der Waals surface area contributed by atoms with E-state index >= 15 is 4.39 Å². The molecule has 2 aliphatic rings. The topological polar surface area (TPSA) is 36.4 Å². The van der Waals surface area contributed by atoms with Gasteiger partial charge >= 0.3 is 0 Å². The van der Waals surface area contributed by atoms with Gasteiger partial charge in [-0.3, -0.25) is 9.69 Å². The summed E-state index contributed by atoms with van der Waals surface area (Å²) in [7, 11) is 0. The van der Waals surface area contributed by atoms with Gasteiger partial charge in [-0.1, -0.05) is 0 Å². The Labute approximate surface area is 129 Å². The molecule has 0 spiro atoms. The molecule has 2 fully saturated rings. The maximum atomic E-state index is 15.2. The molecule has 0 radical (unpaired) electrons. The molecule has 1 aromatic rings. The van der Waals surface area contributed by atoms with Crippen molar-refractivity contribution in [3.63, 3.8) is 0 Å². The zero-order valence-electron chi connectivity index (χ0n) is 12.5. The molecule has 2 aliphatic heterocycles. The molecule has 4 nitrogen and oxygen atoms in total. The minimum Gasteiger partial charge on any atom is -0.340 e. The Bertz CT molecular complexity index is 515. The molecule has 0 bridgehead atoms. The molecule has 21 heavy (non-hydrogen) atoms. The number of nitrogens with zero attached hydrogens (tertiary/aromatic N) is 3. The molecule has 0 N–H and O–H groups in total. The van der Waals surface area contributed by atoms with Gasteiger partial charge in [-0.2, -0.15) is 0 Å². The van der Waals surface area contributed by atoms with Crippen molar-refractivity contribution >= 4 is 17.2 Å². The Morgan fingerprint density at radius 2 is 2.14 bits per heavy atom. The van der Waals surface area contributed by atoms with Gasteiger partial charge in [-0.15, -0.1) is 11.3 Å². The SMILES string of the molecule is Cc1ncsc1CN1CCCC(F)(C(=O)N2CCCC2)C1. The van der Waals surface area contributed by atoms with E-state index in [1.165, 1.54) is 4.88 Å². The summed E-state index contributed by atoms with van der Waals surface area (Å²) in [4.78, 5) is 21.6. The maximum absolute atomic E-state index is 15.2. The van der Waals surface area contributed by atoms with Gasteiger partial charge in [-0.25, -0.2) is 9.37 Å². The van der Waals surface area contributed by atoms with Gasteiger partial charge in [0.15, 0.2) is 0 Å². The Balaban J connectivity index is 1.66. The van der Waals surface area contributed by atoms with E-state index in [4.69, 9.17) is 0 Å². The minimum atomic E-state index is -1.69. The zero-order valence-corrected chi connectivity index (χ0v) is 13.3. The first-order valence-electron chi connectivity index (χ1n) is 7.68. The number of aromatic nitrogens is 1. The zero-order chi connectivity index (χ0) is 14.9. The number of rotatable bonds is 3. The van der Waals surface area contributed by atoms with E-state index in [1.807, 2.05) is 12.4 Å². The van der Waals surface area contributed by atoms with E-state index in [1.54, 1.807) is 16.2 Å². The van der Waals surface area contributed by atoms with Crippen LogP contribution >= 0.6 is 11.3 Å². The van der Waals surface area contributed by atoms with Gasteiger partial charge in [0.1, 0.15) is 0 Å². The number of alkyl halides is 1. The van der Waals surface area contributed by atoms with E-state index in [-0.39, 0.29) is 12.5 Å². The van der Waals surface area contributed by atoms with Crippen molar-refractivity contribution in [2.24, 2.45) is 0 Å². The number of halogens is 1. The Kier molecular flexibility index (Phi) is 4.26. The molecule has 1 unspecified atom stereocenters. The lowest BCUT2D eigenvalue weighted by Crippen LogP contribution is -2.54. The number of amides is 1. The van der Waals surface area contributed by atoms with Crippen molar-refractivity contribution < 1.29 is 9.18 Å². The predicted octanol–water partition coefficient (Wildman–Crippen LogP) is 2.38. The first-order valence-corrected chi connectivity index (χ1v) is 8.56. The molecule has 3 heterocycles. The van der Waals surface area contributed by atoms with Crippen LogP contribution in [-0.4, -0.2) is 52.5 Å². The second-order valence-electron chi connectivity index (χ2n) is 6.14. The Morgan fingerprint density at radius 3 is 2.81 bits per heavy atom. The van der Waals surface area contributed by atoms with Crippen LogP contribution in [0.25, 0.3) is 0 Å². The summed E-state index contributed by atoms with van der Waals surface area (Å²) in [6, 6.07) is 0. The van der Waals surface area contributed by atoms with Crippen LogP contribution in [0.5, 0.6) is 0 Å². The van der Waals surface area contributed by atoms with Gasteiger partial charge in [0.05, 0.1) is 11.2 Å². The minimum absolute atomic E-state index is 0.222. The van der Waals surface area contributed by atoms with E-state index in [9.17, 15) is 4.79 Å². The summed E-state index contributed by atoms with van der Waals surface area (Å²) in [5.41, 5.74) is 1.15. The van der Waals surface area contributed by atoms with Gasteiger partial charge in [-0.05, 0) is 39.2 Å². The summed E-state index contributed by atoms with van der Waals surface area (Å²) >= 11 is 1.61. The lowest BCUT2D eigenvalue weighted by atomic mass is 9.93. The average Bonchev–Trinajstić information content (AvgIpc) is 3.11. The lowest BCUT2D eigenvalue weighted by Gasteiger charge is -2.38. The van der Waals surface area contributed by atoms with Crippen LogP contribution in [0.3, 0.4) is 0 Å². The molecule has 0 aromatic carbocycles. The molecule has 1 aromatic heterocycles. The molecule has 3 rings (SSSR count). The van der Waals surface area contributed by atoms with Gasteiger partial charge < -0.3 is 4.90 Å². The van der Waals surface area contributed by atoms with Crippen molar-refractivity contribution in [2.75, 3.05) is 26.2 Å². The van der Waals surface area contributed by atoms with Crippen molar-refractivity contribution in [3.8, 4) is 0 Å². The fraction of sp³-hybridized carbons (Fsp3) is 0.733. The van der Waals surface area contributed by atoms with E-state index in [0.29, 0.717) is 13.0 Å². The van der Waals surface area contributed by atoms with Crippen LogP contribution in [0.1, 0.15) is 36.3 Å². The fourth-order valence-corrected chi connectivity index (χ4v) is 4.11. The summed E-state index contributed by atoms with van der Waals surface area (Å²) in [6.07, 6.45) is 3.12. The molecule has 0 aliphatic carbocycles. The highest BCUT2D eigenvalue weighted by atomic mass is 32.1. The quantitative estimate of drug-likeness (QED) is 0.860. The summed E-state index contributed by atoms with van der Waals surface area (Å²) < 4.78 is 15.2. The number of aryl methyl sites for hydroxylation is 1. The number of piperidine rings is 1. The highest BCUT2D eigenvalue weighted by Gasteiger charge is 2.45. The van der Waals surface area contributed by atoms with Crippen LogP contribution in [0.2, 0.25) is 0 Å². The molecule has 0 saturated carbocycles. The van der Waals surface area contributed by atoms with Crippen molar-refractivity contribution in [1.29, 1.82) is 0 Å². The first-order chi connectivity index (χ1) is 10.1. The number of hydrogen-bond acceptors (Lipinski definition) is 4.